The van der Waals surface area contributed by atoms with Crippen LogP contribution >= 0.6 is 0 Å². The molecule has 180 valence electrons. The normalized spacial score (nSPS) is 13.8. The van der Waals surface area contributed by atoms with Crippen LogP contribution in [0.5, 0.6) is 0 Å². The molecule has 1 aromatic heterocycles. The maximum absolute atomic E-state index is 12.3. The van der Waals surface area contributed by atoms with Crippen LogP contribution in [0.25, 0.3) is 11.1 Å². The van der Waals surface area contributed by atoms with Crippen molar-refractivity contribution in [2.45, 2.75) is 38.3 Å². The van der Waals surface area contributed by atoms with Crippen LogP contribution in [0.15, 0.2) is 60.9 Å². The van der Waals surface area contributed by atoms with Crippen molar-refractivity contribution in [1.29, 1.82) is 0 Å². The third-order valence-electron chi connectivity index (χ3n) is 6.27. The summed E-state index contributed by atoms with van der Waals surface area (Å²) in [6.07, 6.45) is 2.19. The van der Waals surface area contributed by atoms with Gasteiger partial charge in [-0.05, 0) is 35.6 Å². The van der Waals surface area contributed by atoms with Crippen LogP contribution in [0.4, 0.5) is 4.79 Å². The van der Waals surface area contributed by atoms with Crippen LogP contribution in [0, 0.1) is 0 Å². The summed E-state index contributed by atoms with van der Waals surface area (Å²) in [4.78, 5) is 44.2. The number of fused-ring (bicyclic) bond motifs is 3. The van der Waals surface area contributed by atoms with Crippen molar-refractivity contribution in [3.8, 4) is 11.1 Å². The largest absolute Gasteiger partial charge is 0.480 e. The molecule has 0 aliphatic heterocycles. The fraction of sp³-hybridized carbons (Fsp3) is 0.269. The summed E-state index contributed by atoms with van der Waals surface area (Å²) in [5, 5.41) is 14.4. The number of ether oxygens (including phenoxy) is 1. The Morgan fingerprint density at radius 2 is 1.57 bits per heavy atom. The van der Waals surface area contributed by atoms with E-state index in [1.807, 2.05) is 36.4 Å². The van der Waals surface area contributed by atoms with E-state index in [4.69, 9.17) is 4.74 Å². The van der Waals surface area contributed by atoms with Gasteiger partial charge in [0.05, 0.1) is 12.1 Å². The van der Waals surface area contributed by atoms with Crippen molar-refractivity contribution in [1.82, 2.24) is 20.6 Å². The number of nitrogens with zero attached hydrogens (tertiary/aromatic N) is 2. The Hall–Kier alpha value is -4.27. The van der Waals surface area contributed by atoms with Gasteiger partial charge in [-0.3, -0.25) is 4.79 Å². The van der Waals surface area contributed by atoms with Crippen LogP contribution in [0.1, 0.15) is 53.5 Å². The van der Waals surface area contributed by atoms with Gasteiger partial charge >= 0.3 is 12.1 Å². The number of hydrogen-bond acceptors (Lipinski definition) is 6. The molecule has 3 aromatic rings. The number of rotatable bonds is 8. The molecule has 1 heterocycles. The first kappa shape index (κ1) is 23.9. The highest BCUT2D eigenvalue weighted by Gasteiger charge is 2.33. The lowest BCUT2D eigenvalue weighted by atomic mass is 9.98. The topological polar surface area (TPSA) is 131 Å². The fourth-order valence-corrected chi connectivity index (χ4v) is 3.98. The van der Waals surface area contributed by atoms with Crippen LogP contribution < -0.4 is 10.6 Å². The quantitative estimate of drug-likeness (QED) is 0.455. The first-order valence-electron chi connectivity index (χ1n) is 11.3. The van der Waals surface area contributed by atoms with Crippen molar-refractivity contribution in [3.05, 3.63) is 83.4 Å². The van der Waals surface area contributed by atoms with Crippen molar-refractivity contribution in [2.24, 2.45) is 0 Å². The van der Waals surface area contributed by atoms with Crippen molar-refractivity contribution < 1.29 is 24.2 Å². The molecule has 1 aliphatic carbocycles. The zero-order valence-corrected chi connectivity index (χ0v) is 19.4. The SMILES string of the molecule is CCC(C)(NC(=O)c1cnc(CNC(=O)OCC2c3ccccc3-c3ccccc32)nc1)C(=O)O. The summed E-state index contributed by atoms with van der Waals surface area (Å²) in [6, 6.07) is 16.2. The molecule has 0 radical (unpaired) electrons. The third kappa shape index (κ3) is 4.98. The molecule has 0 bridgehead atoms. The predicted octanol–water partition coefficient (Wildman–Crippen LogP) is 3.50. The highest BCUT2D eigenvalue weighted by molar-refractivity contribution is 5.97. The lowest BCUT2D eigenvalue weighted by Gasteiger charge is -2.24. The Balaban J connectivity index is 1.31. The number of carboxylic acids is 1. The first-order valence-corrected chi connectivity index (χ1v) is 11.3. The molecule has 4 rings (SSSR count). The Morgan fingerprint density at radius 1 is 1.00 bits per heavy atom. The van der Waals surface area contributed by atoms with Crippen LogP contribution in [0.3, 0.4) is 0 Å². The minimum Gasteiger partial charge on any atom is -0.480 e. The van der Waals surface area contributed by atoms with E-state index in [-0.39, 0.29) is 36.9 Å². The van der Waals surface area contributed by atoms with Gasteiger partial charge in [-0.2, -0.15) is 0 Å². The molecule has 0 spiro atoms. The summed E-state index contributed by atoms with van der Waals surface area (Å²) < 4.78 is 5.49. The Bertz CT molecular complexity index is 1220. The number of aliphatic carboxylic acids is 1. The predicted molar refractivity (Wildman–Crippen MR) is 128 cm³/mol. The van der Waals surface area contributed by atoms with Gasteiger partial charge in [0.15, 0.2) is 0 Å². The lowest BCUT2D eigenvalue weighted by Crippen LogP contribution is -2.51. The number of hydrogen-bond donors (Lipinski definition) is 3. The van der Waals surface area contributed by atoms with E-state index in [9.17, 15) is 19.5 Å². The maximum atomic E-state index is 12.3. The van der Waals surface area contributed by atoms with Gasteiger partial charge in [0.1, 0.15) is 18.0 Å². The Morgan fingerprint density at radius 3 is 2.11 bits per heavy atom. The summed E-state index contributed by atoms with van der Waals surface area (Å²) in [5.41, 5.74) is 3.29. The van der Waals surface area contributed by atoms with E-state index in [1.54, 1.807) is 6.92 Å². The minimum atomic E-state index is -1.39. The van der Waals surface area contributed by atoms with Gasteiger partial charge in [-0.15, -0.1) is 0 Å². The Labute approximate surface area is 202 Å². The molecule has 1 unspecified atom stereocenters. The average molecular weight is 475 g/mol. The lowest BCUT2D eigenvalue weighted by molar-refractivity contribution is -0.143. The molecule has 9 nitrogen and oxygen atoms in total. The third-order valence-corrected chi connectivity index (χ3v) is 6.27. The molecule has 35 heavy (non-hydrogen) atoms. The number of amides is 2. The van der Waals surface area contributed by atoms with Gasteiger partial charge < -0.3 is 20.5 Å². The van der Waals surface area contributed by atoms with Crippen LogP contribution in [0.2, 0.25) is 0 Å². The second kappa shape index (κ2) is 9.92. The highest BCUT2D eigenvalue weighted by atomic mass is 16.5. The highest BCUT2D eigenvalue weighted by Crippen LogP contribution is 2.44. The van der Waals surface area contributed by atoms with Gasteiger partial charge in [-0.25, -0.2) is 19.6 Å². The van der Waals surface area contributed by atoms with Gasteiger partial charge in [0, 0.05) is 18.3 Å². The van der Waals surface area contributed by atoms with E-state index < -0.39 is 23.5 Å². The fourth-order valence-electron chi connectivity index (χ4n) is 3.98. The number of aromatic nitrogens is 2. The second-order valence-electron chi connectivity index (χ2n) is 8.51. The molecule has 1 atom stereocenters. The molecular weight excluding hydrogens is 448 g/mol. The smallest absolute Gasteiger partial charge is 0.407 e. The van der Waals surface area contributed by atoms with Gasteiger partial charge in [0.2, 0.25) is 0 Å². The Kier molecular flexibility index (Phi) is 6.77. The summed E-state index contributed by atoms with van der Waals surface area (Å²) in [7, 11) is 0. The molecule has 0 saturated heterocycles. The standard InChI is InChI=1S/C26H26N4O5/c1-3-26(2,24(32)33)30-23(31)16-12-27-22(28-13-16)14-29-25(34)35-15-21-19-10-6-4-8-17(19)18-9-5-7-11-20(18)21/h4-13,21H,3,14-15H2,1-2H3,(H,29,34)(H,30,31)(H,32,33). The van der Waals surface area contributed by atoms with E-state index in [1.165, 1.54) is 19.3 Å². The van der Waals surface area contributed by atoms with E-state index in [0.717, 1.165) is 22.3 Å². The number of carbonyl (C=O) groups excluding carboxylic acids is 2. The van der Waals surface area contributed by atoms with E-state index >= 15 is 0 Å². The maximum Gasteiger partial charge on any atom is 0.407 e. The van der Waals surface area contributed by atoms with Crippen molar-refractivity contribution in [3.63, 3.8) is 0 Å². The molecule has 2 aromatic carbocycles. The van der Waals surface area contributed by atoms with Gasteiger partial charge in [0.25, 0.3) is 5.91 Å². The molecule has 2 amide bonds. The number of carboxylic acid groups (broad SMARTS) is 1. The monoisotopic (exact) mass is 474 g/mol. The number of carbonyl (C=O) groups is 3. The van der Waals surface area contributed by atoms with E-state index in [0.29, 0.717) is 0 Å². The average Bonchev–Trinajstić information content (AvgIpc) is 3.20. The second-order valence-corrected chi connectivity index (χ2v) is 8.51. The summed E-state index contributed by atoms with van der Waals surface area (Å²) in [5.74, 6) is -1.47. The molecule has 0 fully saturated rings. The number of alkyl carbamates (subject to hydrolysis) is 1. The van der Waals surface area contributed by atoms with Crippen molar-refractivity contribution >= 4 is 18.0 Å². The molecule has 3 N–H and O–H groups in total. The zero-order valence-electron chi connectivity index (χ0n) is 19.4. The number of nitrogens with one attached hydrogen (secondary N) is 2. The summed E-state index contributed by atoms with van der Waals surface area (Å²) in [6.45, 7) is 3.31. The van der Waals surface area contributed by atoms with Crippen LogP contribution in [-0.2, 0) is 16.1 Å². The summed E-state index contributed by atoms with van der Waals surface area (Å²) >= 11 is 0. The first-order chi connectivity index (χ1) is 16.8. The molecular formula is C26H26N4O5. The van der Waals surface area contributed by atoms with Crippen LogP contribution in [-0.4, -0.2) is 45.2 Å². The number of benzene rings is 2. The minimum absolute atomic E-state index is 0.0143. The van der Waals surface area contributed by atoms with Crippen molar-refractivity contribution in [2.75, 3.05) is 6.61 Å². The molecule has 1 aliphatic rings. The van der Waals surface area contributed by atoms with Gasteiger partial charge in [-0.1, -0.05) is 55.5 Å². The molecule has 9 heteroatoms. The zero-order chi connectivity index (χ0) is 25.0. The van der Waals surface area contributed by atoms with E-state index in [2.05, 4.69) is 32.7 Å². The molecule has 0 saturated carbocycles.